The lowest BCUT2D eigenvalue weighted by atomic mass is 10.2. The van der Waals surface area contributed by atoms with Gasteiger partial charge in [0.2, 0.25) is 5.91 Å². The maximum absolute atomic E-state index is 12.8. The summed E-state index contributed by atoms with van der Waals surface area (Å²) < 4.78 is 14.5. The zero-order valence-electron chi connectivity index (χ0n) is 12.4. The van der Waals surface area contributed by atoms with Gasteiger partial charge in [-0.2, -0.15) is 0 Å². The molecule has 1 amide bonds. The average Bonchev–Trinajstić information content (AvgIpc) is 2.92. The SMILES string of the molecule is O=C(Cn1c(CO)nc2ccccc21)NCc1ccc(F)cc1. The number of amides is 1. The predicted molar refractivity (Wildman–Crippen MR) is 83.9 cm³/mol. The highest BCUT2D eigenvalue weighted by molar-refractivity contribution is 5.81. The number of nitrogens with zero attached hydrogens (tertiary/aromatic N) is 2. The Morgan fingerprint density at radius 1 is 1.17 bits per heavy atom. The molecule has 0 unspecified atom stereocenters. The van der Waals surface area contributed by atoms with E-state index in [1.54, 1.807) is 16.7 Å². The standard InChI is InChI=1S/C17H16FN3O2/c18-13-7-5-12(6-8-13)9-19-17(23)10-21-15-4-2-1-3-14(15)20-16(21)11-22/h1-8,22H,9-11H2,(H,19,23). The van der Waals surface area contributed by atoms with Crippen LogP contribution in [0.2, 0.25) is 0 Å². The normalized spacial score (nSPS) is 10.9. The molecule has 1 aromatic heterocycles. The summed E-state index contributed by atoms with van der Waals surface area (Å²) in [4.78, 5) is 16.5. The molecule has 23 heavy (non-hydrogen) atoms. The zero-order valence-corrected chi connectivity index (χ0v) is 12.4. The molecule has 5 nitrogen and oxygen atoms in total. The third-order valence-corrected chi connectivity index (χ3v) is 3.58. The first kappa shape index (κ1) is 15.2. The van der Waals surface area contributed by atoms with Crippen LogP contribution >= 0.6 is 0 Å². The number of nitrogens with one attached hydrogen (secondary N) is 1. The zero-order chi connectivity index (χ0) is 16.2. The maximum atomic E-state index is 12.8. The van der Waals surface area contributed by atoms with Crippen molar-refractivity contribution in [2.24, 2.45) is 0 Å². The largest absolute Gasteiger partial charge is 0.388 e. The number of benzene rings is 2. The van der Waals surface area contributed by atoms with Crippen LogP contribution in [0.4, 0.5) is 4.39 Å². The van der Waals surface area contributed by atoms with Crippen molar-refractivity contribution in [2.45, 2.75) is 19.7 Å². The van der Waals surface area contributed by atoms with Crippen molar-refractivity contribution >= 4 is 16.9 Å². The summed E-state index contributed by atoms with van der Waals surface area (Å²) in [5.74, 6) is -0.0622. The van der Waals surface area contributed by atoms with Gasteiger partial charge < -0.3 is 15.0 Å². The number of hydrogen-bond acceptors (Lipinski definition) is 3. The number of fused-ring (bicyclic) bond motifs is 1. The first-order valence-electron chi connectivity index (χ1n) is 7.23. The Morgan fingerprint density at radius 2 is 1.91 bits per heavy atom. The Labute approximate surface area is 132 Å². The van der Waals surface area contributed by atoms with Gasteiger partial charge in [0.05, 0.1) is 11.0 Å². The fourth-order valence-corrected chi connectivity index (χ4v) is 2.42. The summed E-state index contributed by atoms with van der Waals surface area (Å²) >= 11 is 0. The second-order valence-electron chi connectivity index (χ2n) is 5.16. The van der Waals surface area contributed by atoms with Crippen LogP contribution in [-0.4, -0.2) is 20.6 Å². The molecule has 118 valence electrons. The molecule has 1 heterocycles. The molecular weight excluding hydrogens is 297 g/mol. The van der Waals surface area contributed by atoms with E-state index in [1.807, 2.05) is 24.3 Å². The third kappa shape index (κ3) is 3.37. The summed E-state index contributed by atoms with van der Waals surface area (Å²) in [6, 6.07) is 13.4. The smallest absolute Gasteiger partial charge is 0.240 e. The van der Waals surface area contributed by atoms with E-state index < -0.39 is 0 Å². The molecular formula is C17H16FN3O2. The number of rotatable bonds is 5. The second-order valence-corrected chi connectivity index (χ2v) is 5.16. The molecule has 0 saturated heterocycles. The van der Waals surface area contributed by atoms with Gasteiger partial charge in [-0.05, 0) is 29.8 Å². The first-order chi connectivity index (χ1) is 11.2. The molecule has 0 bridgehead atoms. The van der Waals surface area contributed by atoms with Crippen LogP contribution in [0.3, 0.4) is 0 Å². The summed E-state index contributed by atoms with van der Waals surface area (Å²) in [6.45, 7) is 0.151. The van der Waals surface area contributed by atoms with Gasteiger partial charge in [0, 0.05) is 6.54 Å². The molecule has 0 spiro atoms. The predicted octanol–water partition coefficient (Wildman–Crippen LogP) is 1.98. The number of aromatic nitrogens is 2. The average molecular weight is 313 g/mol. The van der Waals surface area contributed by atoms with Gasteiger partial charge in [0.1, 0.15) is 24.8 Å². The minimum Gasteiger partial charge on any atom is -0.388 e. The Morgan fingerprint density at radius 3 is 2.65 bits per heavy atom. The number of aliphatic hydroxyl groups is 1. The topological polar surface area (TPSA) is 67.2 Å². The fourth-order valence-electron chi connectivity index (χ4n) is 2.42. The van der Waals surface area contributed by atoms with Crippen molar-refractivity contribution < 1.29 is 14.3 Å². The highest BCUT2D eigenvalue weighted by Gasteiger charge is 2.12. The highest BCUT2D eigenvalue weighted by atomic mass is 19.1. The van der Waals surface area contributed by atoms with Crippen molar-refractivity contribution in [3.8, 4) is 0 Å². The monoisotopic (exact) mass is 313 g/mol. The molecule has 0 radical (unpaired) electrons. The number of carbonyl (C=O) groups excluding carboxylic acids is 1. The van der Waals surface area contributed by atoms with E-state index in [0.29, 0.717) is 12.4 Å². The number of imidazole rings is 1. The molecule has 0 saturated carbocycles. The van der Waals surface area contributed by atoms with E-state index in [2.05, 4.69) is 10.3 Å². The minimum absolute atomic E-state index is 0.0671. The summed E-state index contributed by atoms with van der Waals surface area (Å²) in [7, 11) is 0. The Bertz CT molecular complexity index is 827. The van der Waals surface area contributed by atoms with E-state index in [0.717, 1.165) is 16.6 Å². The van der Waals surface area contributed by atoms with Crippen LogP contribution in [0.25, 0.3) is 11.0 Å². The minimum atomic E-state index is -0.308. The number of hydrogen-bond donors (Lipinski definition) is 2. The van der Waals surface area contributed by atoms with Crippen LogP contribution < -0.4 is 5.32 Å². The fraction of sp³-hybridized carbons (Fsp3) is 0.176. The van der Waals surface area contributed by atoms with Crippen LogP contribution in [0, 0.1) is 5.82 Å². The summed E-state index contributed by atoms with van der Waals surface area (Å²) in [5, 5.41) is 12.2. The Hall–Kier alpha value is -2.73. The van der Waals surface area contributed by atoms with Crippen LogP contribution in [0.5, 0.6) is 0 Å². The van der Waals surface area contributed by atoms with E-state index in [1.165, 1.54) is 12.1 Å². The van der Waals surface area contributed by atoms with Gasteiger partial charge >= 0.3 is 0 Å². The molecule has 2 N–H and O–H groups in total. The molecule has 6 heteroatoms. The maximum Gasteiger partial charge on any atom is 0.240 e. The van der Waals surface area contributed by atoms with E-state index in [4.69, 9.17) is 0 Å². The van der Waals surface area contributed by atoms with Gasteiger partial charge in [-0.15, -0.1) is 0 Å². The second kappa shape index (κ2) is 6.58. The third-order valence-electron chi connectivity index (χ3n) is 3.58. The van der Waals surface area contributed by atoms with E-state index in [9.17, 15) is 14.3 Å². The molecule has 0 aliphatic rings. The van der Waals surface area contributed by atoms with Crippen LogP contribution in [0.15, 0.2) is 48.5 Å². The molecule has 0 aliphatic carbocycles. The molecule has 2 aromatic carbocycles. The van der Waals surface area contributed by atoms with Gasteiger partial charge in [-0.25, -0.2) is 9.37 Å². The van der Waals surface area contributed by atoms with Gasteiger partial charge in [-0.1, -0.05) is 24.3 Å². The van der Waals surface area contributed by atoms with Crippen molar-refractivity contribution in [3.05, 3.63) is 65.7 Å². The lowest BCUT2D eigenvalue weighted by Gasteiger charge is -2.09. The molecule has 3 aromatic rings. The lowest BCUT2D eigenvalue weighted by Crippen LogP contribution is -2.27. The molecule has 0 atom stereocenters. The van der Waals surface area contributed by atoms with Crippen molar-refractivity contribution in [2.75, 3.05) is 0 Å². The van der Waals surface area contributed by atoms with Crippen LogP contribution in [0.1, 0.15) is 11.4 Å². The van der Waals surface area contributed by atoms with Gasteiger partial charge in [0.15, 0.2) is 0 Å². The molecule has 0 aliphatic heterocycles. The van der Waals surface area contributed by atoms with Crippen molar-refractivity contribution in [1.29, 1.82) is 0 Å². The molecule has 0 fully saturated rings. The Kier molecular flexibility index (Phi) is 4.34. The first-order valence-corrected chi connectivity index (χ1v) is 7.23. The van der Waals surface area contributed by atoms with Gasteiger partial charge in [-0.3, -0.25) is 4.79 Å². The number of halogens is 1. The number of para-hydroxylation sites is 2. The van der Waals surface area contributed by atoms with Gasteiger partial charge in [0.25, 0.3) is 0 Å². The van der Waals surface area contributed by atoms with Crippen molar-refractivity contribution in [1.82, 2.24) is 14.9 Å². The van der Waals surface area contributed by atoms with E-state index in [-0.39, 0.29) is 24.9 Å². The number of aliphatic hydroxyl groups excluding tert-OH is 1. The summed E-state index contributed by atoms with van der Waals surface area (Å²) in [5.41, 5.74) is 2.36. The van der Waals surface area contributed by atoms with Crippen molar-refractivity contribution in [3.63, 3.8) is 0 Å². The Balaban J connectivity index is 1.71. The number of carbonyl (C=O) groups is 1. The lowest BCUT2D eigenvalue weighted by molar-refractivity contribution is -0.121. The molecule has 3 rings (SSSR count). The highest BCUT2D eigenvalue weighted by Crippen LogP contribution is 2.15. The summed E-state index contributed by atoms with van der Waals surface area (Å²) in [6.07, 6.45) is 0. The quantitative estimate of drug-likeness (QED) is 0.757. The van der Waals surface area contributed by atoms with Crippen LogP contribution in [-0.2, 0) is 24.5 Å². The van der Waals surface area contributed by atoms with E-state index >= 15 is 0 Å².